The second-order valence-corrected chi connectivity index (χ2v) is 6.70. The van der Waals surface area contributed by atoms with Gasteiger partial charge in [-0.25, -0.2) is 0 Å². The zero-order chi connectivity index (χ0) is 18.0. The molecule has 25 heavy (non-hydrogen) atoms. The molecule has 2 heterocycles. The molecule has 2 aromatic rings. The molecule has 7 heteroatoms. The van der Waals surface area contributed by atoms with E-state index >= 15 is 0 Å². The molecule has 0 radical (unpaired) electrons. The molecule has 3 rings (SSSR count). The van der Waals surface area contributed by atoms with Crippen molar-refractivity contribution in [2.75, 3.05) is 11.9 Å². The maximum Gasteiger partial charge on any atom is 0.294 e. The number of hydrogen-bond donors (Lipinski definition) is 1. The second kappa shape index (κ2) is 6.98. The highest BCUT2D eigenvalue weighted by Crippen LogP contribution is 2.32. The minimum absolute atomic E-state index is 0.235. The number of carbonyl (C=O) groups excluding carboxylic acids is 3. The largest absolute Gasteiger partial charge is 0.465 e. The predicted octanol–water partition coefficient (Wildman–Crippen LogP) is 3.57. The van der Waals surface area contributed by atoms with Crippen LogP contribution in [0.4, 0.5) is 10.5 Å². The normalized spacial score (nSPS) is 15.9. The molecule has 0 unspecified atom stereocenters. The number of furan rings is 1. The van der Waals surface area contributed by atoms with Gasteiger partial charge in [-0.05, 0) is 61.0 Å². The van der Waals surface area contributed by atoms with Crippen LogP contribution in [-0.2, 0) is 9.59 Å². The molecule has 1 fully saturated rings. The molecule has 1 N–H and O–H groups in total. The highest BCUT2D eigenvalue weighted by atomic mass is 32.2. The van der Waals surface area contributed by atoms with Gasteiger partial charge in [0.2, 0.25) is 5.91 Å². The lowest BCUT2D eigenvalue weighted by Gasteiger charge is -2.13. The number of imide groups is 1. The van der Waals surface area contributed by atoms with Crippen molar-refractivity contribution in [3.05, 3.63) is 58.4 Å². The van der Waals surface area contributed by atoms with Crippen molar-refractivity contribution in [3.8, 4) is 0 Å². The summed E-state index contributed by atoms with van der Waals surface area (Å²) in [6, 6.07) is 9.02. The maximum atomic E-state index is 12.3. The van der Waals surface area contributed by atoms with Crippen LogP contribution in [0.15, 0.2) is 45.9 Å². The Morgan fingerprint density at radius 1 is 1.24 bits per heavy atom. The molecule has 1 aromatic heterocycles. The fraction of sp³-hybridized carbons (Fsp3) is 0.167. The number of hydrogen-bond acceptors (Lipinski definition) is 5. The Hall–Kier alpha value is -2.80. The maximum absolute atomic E-state index is 12.3. The Kier molecular flexibility index (Phi) is 4.76. The zero-order valence-electron chi connectivity index (χ0n) is 13.7. The summed E-state index contributed by atoms with van der Waals surface area (Å²) in [6.07, 6.45) is 2.97. The van der Waals surface area contributed by atoms with Gasteiger partial charge in [-0.1, -0.05) is 6.07 Å². The molecular formula is C18H16N2O4S. The number of carbonyl (C=O) groups is 3. The van der Waals surface area contributed by atoms with Gasteiger partial charge in [0.05, 0.1) is 11.2 Å². The van der Waals surface area contributed by atoms with Crippen LogP contribution >= 0.6 is 11.8 Å². The van der Waals surface area contributed by atoms with Gasteiger partial charge in [0.25, 0.3) is 11.1 Å². The minimum Gasteiger partial charge on any atom is -0.465 e. The first kappa shape index (κ1) is 17.0. The highest BCUT2D eigenvalue weighted by Gasteiger charge is 2.36. The predicted molar refractivity (Wildman–Crippen MR) is 95.9 cm³/mol. The van der Waals surface area contributed by atoms with E-state index in [0.29, 0.717) is 11.4 Å². The van der Waals surface area contributed by atoms with Gasteiger partial charge in [0.15, 0.2) is 0 Å². The number of amides is 3. The van der Waals surface area contributed by atoms with Gasteiger partial charge in [0.1, 0.15) is 12.3 Å². The van der Waals surface area contributed by atoms with E-state index in [4.69, 9.17) is 4.42 Å². The number of anilines is 1. The monoisotopic (exact) mass is 356 g/mol. The Bertz CT molecular complexity index is 851. The zero-order valence-corrected chi connectivity index (χ0v) is 14.6. The third-order valence-corrected chi connectivity index (χ3v) is 4.40. The molecule has 0 spiro atoms. The van der Waals surface area contributed by atoms with Crippen molar-refractivity contribution in [3.63, 3.8) is 0 Å². The van der Waals surface area contributed by atoms with Gasteiger partial charge in [0, 0.05) is 11.8 Å². The molecule has 0 saturated carbocycles. The molecule has 1 aliphatic heterocycles. The first-order valence-corrected chi connectivity index (χ1v) is 8.41. The fourth-order valence-corrected chi connectivity index (χ4v) is 3.35. The lowest BCUT2D eigenvalue weighted by atomic mass is 10.1. The van der Waals surface area contributed by atoms with Crippen molar-refractivity contribution in [2.24, 2.45) is 0 Å². The number of aryl methyl sites for hydroxylation is 2. The molecular weight excluding hydrogens is 340 g/mol. The van der Waals surface area contributed by atoms with E-state index in [-0.39, 0.29) is 11.4 Å². The molecule has 6 nitrogen and oxygen atoms in total. The van der Waals surface area contributed by atoms with E-state index in [0.717, 1.165) is 27.8 Å². The van der Waals surface area contributed by atoms with Crippen molar-refractivity contribution in [1.82, 2.24) is 4.90 Å². The number of rotatable bonds is 4. The third-order valence-electron chi connectivity index (χ3n) is 3.50. The number of thioether (sulfide) groups is 1. The van der Waals surface area contributed by atoms with E-state index in [1.165, 1.54) is 12.3 Å². The van der Waals surface area contributed by atoms with E-state index in [1.54, 1.807) is 12.1 Å². The van der Waals surface area contributed by atoms with Gasteiger partial charge in [-0.3, -0.25) is 19.3 Å². The van der Waals surface area contributed by atoms with E-state index in [2.05, 4.69) is 5.32 Å². The molecule has 3 amide bonds. The van der Waals surface area contributed by atoms with Gasteiger partial charge in [-0.15, -0.1) is 0 Å². The first-order chi connectivity index (χ1) is 11.9. The number of benzene rings is 1. The van der Waals surface area contributed by atoms with E-state index in [1.807, 2.05) is 32.0 Å². The third kappa shape index (κ3) is 4.00. The van der Waals surface area contributed by atoms with Crippen molar-refractivity contribution >= 4 is 40.6 Å². The van der Waals surface area contributed by atoms with Crippen LogP contribution in [0.2, 0.25) is 0 Å². The summed E-state index contributed by atoms with van der Waals surface area (Å²) in [5.41, 5.74) is 2.67. The van der Waals surface area contributed by atoms with Crippen LogP contribution in [0.1, 0.15) is 16.9 Å². The number of nitrogens with one attached hydrogen (secondary N) is 1. The summed E-state index contributed by atoms with van der Waals surface area (Å²) in [5, 5.41) is 2.25. The molecule has 0 aliphatic carbocycles. The Labute approximate surface area is 148 Å². The quantitative estimate of drug-likeness (QED) is 0.847. The Morgan fingerprint density at radius 3 is 2.60 bits per heavy atom. The Balaban J connectivity index is 1.68. The van der Waals surface area contributed by atoms with Crippen LogP contribution in [0.25, 0.3) is 6.08 Å². The standard InChI is InChI=1S/C18H16N2O4S/c1-11-6-12(2)8-13(7-11)19-16(21)10-20-17(22)15(25-18(20)23)9-14-4-3-5-24-14/h3-9H,10H2,1-2H3,(H,19,21)/b15-9+. The smallest absolute Gasteiger partial charge is 0.294 e. The van der Waals surface area contributed by atoms with Crippen LogP contribution < -0.4 is 5.32 Å². The van der Waals surface area contributed by atoms with Crippen molar-refractivity contribution in [2.45, 2.75) is 13.8 Å². The molecule has 0 atom stereocenters. The van der Waals surface area contributed by atoms with Gasteiger partial charge in [-0.2, -0.15) is 0 Å². The minimum atomic E-state index is -0.498. The average Bonchev–Trinajstić information content (AvgIpc) is 3.11. The van der Waals surface area contributed by atoms with Crippen LogP contribution in [0, 0.1) is 13.8 Å². The fourth-order valence-electron chi connectivity index (χ4n) is 2.53. The van der Waals surface area contributed by atoms with E-state index in [9.17, 15) is 14.4 Å². The van der Waals surface area contributed by atoms with Crippen LogP contribution in [-0.4, -0.2) is 28.5 Å². The van der Waals surface area contributed by atoms with Crippen molar-refractivity contribution < 1.29 is 18.8 Å². The first-order valence-electron chi connectivity index (χ1n) is 7.59. The molecule has 1 saturated heterocycles. The second-order valence-electron chi connectivity index (χ2n) is 5.71. The summed E-state index contributed by atoms with van der Waals surface area (Å²) in [5.74, 6) is -0.446. The molecule has 0 bridgehead atoms. The summed E-state index contributed by atoms with van der Waals surface area (Å²) in [4.78, 5) is 37.7. The molecule has 1 aliphatic rings. The molecule has 128 valence electrons. The summed E-state index contributed by atoms with van der Waals surface area (Å²) in [6.45, 7) is 3.53. The number of nitrogens with zero attached hydrogens (tertiary/aromatic N) is 1. The Morgan fingerprint density at radius 2 is 1.96 bits per heavy atom. The lowest BCUT2D eigenvalue weighted by molar-refractivity contribution is -0.127. The average molecular weight is 356 g/mol. The SMILES string of the molecule is Cc1cc(C)cc(NC(=O)CN2C(=O)S/C(=C/c3ccco3)C2=O)c1. The summed E-state index contributed by atoms with van der Waals surface area (Å²) in [7, 11) is 0. The lowest BCUT2D eigenvalue weighted by Crippen LogP contribution is -2.36. The van der Waals surface area contributed by atoms with E-state index < -0.39 is 17.1 Å². The van der Waals surface area contributed by atoms with Crippen LogP contribution in [0.5, 0.6) is 0 Å². The van der Waals surface area contributed by atoms with Crippen molar-refractivity contribution in [1.29, 1.82) is 0 Å². The van der Waals surface area contributed by atoms with Gasteiger partial charge >= 0.3 is 0 Å². The molecule has 1 aromatic carbocycles. The summed E-state index contributed by atoms with van der Waals surface area (Å²) >= 11 is 0.792. The highest BCUT2D eigenvalue weighted by molar-refractivity contribution is 8.18. The van der Waals surface area contributed by atoms with Gasteiger partial charge < -0.3 is 9.73 Å². The van der Waals surface area contributed by atoms with Crippen LogP contribution in [0.3, 0.4) is 0 Å². The topological polar surface area (TPSA) is 79.6 Å². The summed E-state index contributed by atoms with van der Waals surface area (Å²) < 4.78 is 5.15.